The van der Waals surface area contributed by atoms with Crippen LogP contribution in [0.15, 0.2) is 42.5 Å². The van der Waals surface area contributed by atoms with E-state index in [1.807, 2.05) is 0 Å². The van der Waals surface area contributed by atoms with Crippen LogP contribution in [0.5, 0.6) is 0 Å². The van der Waals surface area contributed by atoms with E-state index < -0.39 is 0 Å². The zero-order valence-electron chi connectivity index (χ0n) is 23.2. The summed E-state index contributed by atoms with van der Waals surface area (Å²) in [5.74, 6) is 0.906. The third kappa shape index (κ3) is 5.66. The second kappa shape index (κ2) is 11.9. The van der Waals surface area contributed by atoms with Crippen LogP contribution in [0, 0.1) is 6.92 Å². The van der Waals surface area contributed by atoms with Crippen molar-refractivity contribution in [3.63, 3.8) is 0 Å². The molecule has 4 heteroatoms. The summed E-state index contributed by atoms with van der Waals surface area (Å²) in [4.78, 5) is 13.0. The van der Waals surface area contributed by atoms with E-state index in [-0.39, 0.29) is 0 Å². The molecule has 0 unspecified atom stereocenters. The molecule has 37 heavy (non-hydrogen) atoms. The fourth-order valence-corrected chi connectivity index (χ4v) is 6.42. The summed E-state index contributed by atoms with van der Waals surface area (Å²) < 4.78 is 5.99. The Hall–Kier alpha value is -2.56. The van der Waals surface area contributed by atoms with Crippen molar-refractivity contribution in [1.82, 2.24) is 14.9 Å². The van der Waals surface area contributed by atoms with E-state index in [4.69, 9.17) is 14.7 Å². The number of benzene rings is 2. The van der Waals surface area contributed by atoms with Gasteiger partial charge < -0.3 is 4.74 Å². The van der Waals surface area contributed by atoms with E-state index in [1.54, 1.807) is 0 Å². The Morgan fingerprint density at radius 2 is 1.73 bits per heavy atom. The smallest absolute Gasteiger partial charge is 0.160 e. The normalized spacial score (nSPS) is 19.4. The number of hydrogen-bond acceptors (Lipinski definition) is 4. The lowest BCUT2D eigenvalue weighted by Crippen LogP contribution is -2.28. The van der Waals surface area contributed by atoms with E-state index >= 15 is 0 Å². The summed E-state index contributed by atoms with van der Waals surface area (Å²) in [6.07, 6.45) is 10.3. The molecule has 1 aromatic heterocycles. The molecule has 2 atom stereocenters. The van der Waals surface area contributed by atoms with E-state index in [0.717, 1.165) is 50.4 Å². The lowest BCUT2D eigenvalue weighted by atomic mass is 9.86. The molecule has 1 fully saturated rings. The average Bonchev–Trinajstić information content (AvgIpc) is 3.46. The number of rotatable bonds is 9. The first-order valence-corrected chi connectivity index (χ1v) is 14.5. The minimum absolute atomic E-state index is 0.364. The van der Waals surface area contributed by atoms with Crippen LogP contribution in [0.3, 0.4) is 0 Å². The molecule has 1 saturated heterocycles. The van der Waals surface area contributed by atoms with Gasteiger partial charge in [0.25, 0.3) is 0 Å². The maximum Gasteiger partial charge on any atom is 0.160 e. The standard InChI is InChI=1S/C33H43N3O/c1-5-24-13-9-14-25(6-2)32(24)33-34-23(3)29(30(35-33)20-19-27-16-11-21-37-27)22-36(4)31-18-10-15-26-12-7-8-17-28(26)31/h7-9,12-14,17,27,31H,5-6,10-11,15-16,18-22H2,1-4H3/t27-,31+/m1/s1. The van der Waals surface area contributed by atoms with E-state index in [9.17, 15) is 0 Å². The molecule has 0 saturated carbocycles. The average molecular weight is 498 g/mol. The minimum atomic E-state index is 0.364. The number of aryl methyl sites for hydroxylation is 5. The number of fused-ring (bicyclic) bond motifs is 1. The molecule has 1 aliphatic heterocycles. The van der Waals surface area contributed by atoms with Gasteiger partial charge in [0.2, 0.25) is 0 Å². The quantitative estimate of drug-likeness (QED) is 0.313. The Morgan fingerprint density at radius 3 is 2.46 bits per heavy atom. The van der Waals surface area contributed by atoms with Crippen LogP contribution in [0.4, 0.5) is 0 Å². The Morgan fingerprint density at radius 1 is 0.946 bits per heavy atom. The molecule has 0 radical (unpaired) electrons. The molecule has 1 aliphatic carbocycles. The van der Waals surface area contributed by atoms with Gasteiger partial charge in [0, 0.05) is 41.7 Å². The highest BCUT2D eigenvalue weighted by molar-refractivity contribution is 5.65. The molecule has 5 rings (SSSR count). The number of hydrogen-bond donors (Lipinski definition) is 0. The number of ether oxygens (including phenoxy) is 1. The van der Waals surface area contributed by atoms with Crippen LogP contribution in [0.1, 0.15) is 91.2 Å². The van der Waals surface area contributed by atoms with Crippen LogP contribution in [-0.2, 0) is 37.0 Å². The van der Waals surface area contributed by atoms with Crippen molar-refractivity contribution in [3.05, 3.63) is 81.7 Å². The van der Waals surface area contributed by atoms with Crippen LogP contribution in [-0.4, -0.2) is 34.6 Å². The van der Waals surface area contributed by atoms with E-state index in [0.29, 0.717) is 12.1 Å². The van der Waals surface area contributed by atoms with Gasteiger partial charge in [-0.2, -0.15) is 0 Å². The highest BCUT2D eigenvalue weighted by Crippen LogP contribution is 2.35. The number of aromatic nitrogens is 2. The topological polar surface area (TPSA) is 38.2 Å². The molecule has 2 aliphatic rings. The molecular weight excluding hydrogens is 454 g/mol. The summed E-state index contributed by atoms with van der Waals surface area (Å²) in [6.45, 7) is 8.43. The van der Waals surface area contributed by atoms with E-state index in [2.05, 4.69) is 75.2 Å². The molecule has 0 bridgehead atoms. The van der Waals surface area contributed by atoms with Crippen molar-refractivity contribution >= 4 is 0 Å². The van der Waals surface area contributed by atoms with Crippen LogP contribution < -0.4 is 0 Å². The maximum absolute atomic E-state index is 5.99. The van der Waals surface area contributed by atoms with Crippen LogP contribution in [0.25, 0.3) is 11.4 Å². The van der Waals surface area contributed by atoms with Gasteiger partial charge in [-0.1, -0.05) is 56.3 Å². The lowest BCUT2D eigenvalue weighted by Gasteiger charge is -2.34. The Balaban J connectivity index is 1.50. The van der Waals surface area contributed by atoms with Crippen LogP contribution >= 0.6 is 0 Å². The molecule has 0 N–H and O–H groups in total. The molecule has 196 valence electrons. The molecular formula is C33H43N3O. The first-order valence-electron chi connectivity index (χ1n) is 14.5. The third-order valence-corrected chi connectivity index (χ3v) is 8.53. The molecule has 3 aromatic rings. The molecule has 4 nitrogen and oxygen atoms in total. The van der Waals surface area contributed by atoms with Crippen molar-refractivity contribution in [2.24, 2.45) is 0 Å². The first kappa shape index (κ1) is 26.1. The predicted octanol–water partition coefficient (Wildman–Crippen LogP) is 7.20. The fraction of sp³-hybridized carbons (Fsp3) is 0.515. The fourth-order valence-electron chi connectivity index (χ4n) is 6.42. The first-order chi connectivity index (χ1) is 18.1. The van der Waals surface area contributed by atoms with Gasteiger partial charge in [0.1, 0.15) is 0 Å². The van der Waals surface area contributed by atoms with Crippen molar-refractivity contribution in [1.29, 1.82) is 0 Å². The van der Waals surface area contributed by atoms with Gasteiger partial charge in [-0.05, 0) is 94.0 Å². The van der Waals surface area contributed by atoms with Crippen molar-refractivity contribution in [2.75, 3.05) is 13.7 Å². The van der Waals surface area contributed by atoms with Crippen LogP contribution in [0.2, 0.25) is 0 Å². The Bertz CT molecular complexity index is 1190. The third-order valence-electron chi connectivity index (χ3n) is 8.53. The zero-order valence-corrected chi connectivity index (χ0v) is 23.2. The summed E-state index contributed by atoms with van der Waals surface area (Å²) >= 11 is 0. The second-order valence-electron chi connectivity index (χ2n) is 10.9. The zero-order chi connectivity index (χ0) is 25.8. The minimum Gasteiger partial charge on any atom is -0.378 e. The lowest BCUT2D eigenvalue weighted by molar-refractivity contribution is 0.104. The van der Waals surface area contributed by atoms with E-state index in [1.165, 1.54) is 71.2 Å². The van der Waals surface area contributed by atoms with Gasteiger partial charge in [-0.25, -0.2) is 9.97 Å². The SMILES string of the molecule is CCc1cccc(CC)c1-c1nc(C)c(CN(C)[C@H]2CCCc3ccccc32)c(CC[C@H]2CCCO2)n1. The monoisotopic (exact) mass is 497 g/mol. The van der Waals surface area contributed by atoms with Gasteiger partial charge in [-0.3, -0.25) is 4.90 Å². The summed E-state index contributed by atoms with van der Waals surface area (Å²) in [5, 5.41) is 0. The summed E-state index contributed by atoms with van der Waals surface area (Å²) in [5.41, 5.74) is 10.6. The highest BCUT2D eigenvalue weighted by atomic mass is 16.5. The summed E-state index contributed by atoms with van der Waals surface area (Å²) in [7, 11) is 2.28. The highest BCUT2D eigenvalue weighted by Gasteiger charge is 2.26. The predicted molar refractivity (Wildman–Crippen MR) is 152 cm³/mol. The Kier molecular flexibility index (Phi) is 8.36. The molecule has 2 heterocycles. The molecule has 0 spiro atoms. The second-order valence-corrected chi connectivity index (χ2v) is 10.9. The van der Waals surface area contributed by atoms with Gasteiger partial charge in [0.15, 0.2) is 5.82 Å². The Labute approximate surface area is 223 Å². The van der Waals surface area contributed by atoms with Crippen molar-refractivity contribution < 1.29 is 4.74 Å². The van der Waals surface area contributed by atoms with Gasteiger partial charge >= 0.3 is 0 Å². The van der Waals surface area contributed by atoms with Gasteiger partial charge in [-0.15, -0.1) is 0 Å². The summed E-state index contributed by atoms with van der Waals surface area (Å²) in [6, 6.07) is 16.1. The number of nitrogens with zero attached hydrogens (tertiary/aromatic N) is 3. The van der Waals surface area contributed by atoms with Crippen molar-refractivity contribution in [2.45, 2.75) is 97.2 Å². The van der Waals surface area contributed by atoms with Gasteiger partial charge in [0.05, 0.1) is 6.10 Å². The molecule has 0 amide bonds. The largest absolute Gasteiger partial charge is 0.378 e. The molecule has 2 aromatic carbocycles. The van der Waals surface area contributed by atoms with Crippen molar-refractivity contribution in [3.8, 4) is 11.4 Å². The maximum atomic E-state index is 5.99.